The monoisotopic (exact) mass is 524 g/mol. The van der Waals surface area contributed by atoms with Crippen molar-refractivity contribution in [3.8, 4) is 5.75 Å². The first-order valence-electron chi connectivity index (χ1n) is 11.0. The summed E-state index contributed by atoms with van der Waals surface area (Å²) in [6.07, 6.45) is 0. The molecule has 0 spiro atoms. The second-order valence-electron chi connectivity index (χ2n) is 8.25. The average Bonchev–Trinajstić information content (AvgIpc) is 3.18. The lowest BCUT2D eigenvalue weighted by Crippen LogP contribution is -2.13. The van der Waals surface area contributed by atoms with Crippen molar-refractivity contribution in [2.24, 2.45) is 0 Å². The van der Waals surface area contributed by atoms with Gasteiger partial charge in [-0.05, 0) is 60.9 Å². The molecule has 0 fully saturated rings. The van der Waals surface area contributed by atoms with E-state index in [1.807, 2.05) is 13.0 Å². The fourth-order valence-electron chi connectivity index (χ4n) is 3.59. The Hall–Kier alpha value is -3.88. The van der Waals surface area contributed by atoms with Gasteiger partial charge in [-0.1, -0.05) is 47.5 Å². The van der Waals surface area contributed by atoms with Gasteiger partial charge in [0.25, 0.3) is 5.91 Å². The molecule has 0 aliphatic rings. The third kappa shape index (κ3) is 6.02. The number of carbonyl (C=O) groups is 1. The highest BCUT2D eigenvalue weighted by Crippen LogP contribution is 2.28. The molecule has 0 unspecified atom stereocenters. The average molecular weight is 525 g/mol. The van der Waals surface area contributed by atoms with E-state index in [4.69, 9.17) is 27.9 Å². The van der Waals surface area contributed by atoms with Crippen LogP contribution in [0.2, 0.25) is 10.0 Å². The lowest BCUT2D eigenvalue weighted by Gasteiger charge is -2.09. The first kappa shape index (κ1) is 25.2. The van der Waals surface area contributed by atoms with E-state index in [1.54, 1.807) is 66.2 Å². The Labute approximate surface area is 217 Å². The van der Waals surface area contributed by atoms with Gasteiger partial charge in [0.05, 0.1) is 21.5 Å². The molecule has 4 rings (SSSR count). The number of carbonyl (C=O) groups excluding carboxylic acids is 1. The molecule has 0 aliphatic carbocycles. The van der Waals surface area contributed by atoms with Gasteiger partial charge in [0.15, 0.2) is 11.6 Å². The Kier molecular flexibility index (Phi) is 7.57. The molecule has 184 valence electrons. The van der Waals surface area contributed by atoms with Gasteiger partial charge >= 0.3 is 5.69 Å². The van der Waals surface area contributed by atoms with Crippen LogP contribution in [0.3, 0.4) is 0 Å². The molecular formula is C26H22Cl2N4O4. The third-order valence-corrected chi connectivity index (χ3v) is 6.17. The van der Waals surface area contributed by atoms with Crippen molar-refractivity contribution < 1.29 is 14.5 Å². The number of hydrogen-bond donors (Lipinski definition) is 1. The van der Waals surface area contributed by atoms with Crippen molar-refractivity contribution in [1.82, 2.24) is 9.78 Å². The fraction of sp³-hybridized carbons (Fsp3) is 0.154. The first-order valence-corrected chi connectivity index (χ1v) is 11.7. The van der Waals surface area contributed by atoms with Crippen LogP contribution in [0.25, 0.3) is 0 Å². The lowest BCUT2D eigenvalue weighted by atomic mass is 10.1. The molecule has 1 N–H and O–H groups in total. The summed E-state index contributed by atoms with van der Waals surface area (Å²) in [6.45, 7) is 4.21. The number of aromatic nitrogens is 2. The van der Waals surface area contributed by atoms with E-state index in [1.165, 1.54) is 6.07 Å². The zero-order valence-corrected chi connectivity index (χ0v) is 21.0. The summed E-state index contributed by atoms with van der Waals surface area (Å²) in [5.41, 5.74) is 3.55. The maximum Gasteiger partial charge on any atom is 0.311 e. The van der Waals surface area contributed by atoms with Crippen molar-refractivity contribution in [3.63, 3.8) is 0 Å². The number of benzene rings is 3. The van der Waals surface area contributed by atoms with E-state index in [2.05, 4.69) is 10.4 Å². The SMILES string of the molecule is Cc1ccc(OCc2cccc(C(=O)Nc3cc(C)n(Cc4ccc(Cl)c(Cl)c4)n3)c2)c([N+](=O)[O-])c1. The number of nitro benzene ring substituents is 1. The van der Waals surface area contributed by atoms with Crippen LogP contribution >= 0.6 is 23.2 Å². The molecular weight excluding hydrogens is 503 g/mol. The third-order valence-electron chi connectivity index (χ3n) is 5.43. The van der Waals surface area contributed by atoms with Gasteiger partial charge in [0.1, 0.15) is 6.61 Å². The second kappa shape index (κ2) is 10.8. The summed E-state index contributed by atoms with van der Waals surface area (Å²) in [5, 5.41) is 19.5. The number of nitrogens with one attached hydrogen (secondary N) is 1. The summed E-state index contributed by atoms with van der Waals surface area (Å²) in [5.74, 6) is 0.246. The lowest BCUT2D eigenvalue weighted by molar-refractivity contribution is -0.386. The van der Waals surface area contributed by atoms with Crippen LogP contribution in [0, 0.1) is 24.0 Å². The van der Waals surface area contributed by atoms with Crippen LogP contribution in [0.4, 0.5) is 11.5 Å². The molecule has 0 aliphatic heterocycles. The number of halogens is 2. The van der Waals surface area contributed by atoms with E-state index in [9.17, 15) is 14.9 Å². The van der Waals surface area contributed by atoms with Crippen molar-refractivity contribution in [1.29, 1.82) is 0 Å². The summed E-state index contributed by atoms with van der Waals surface area (Å²) < 4.78 is 7.44. The minimum atomic E-state index is -0.477. The van der Waals surface area contributed by atoms with E-state index in [-0.39, 0.29) is 24.0 Å². The predicted octanol–water partition coefficient (Wildman–Crippen LogP) is 6.59. The van der Waals surface area contributed by atoms with Crippen molar-refractivity contribution in [2.45, 2.75) is 27.0 Å². The minimum Gasteiger partial charge on any atom is -0.482 e. The molecule has 1 heterocycles. The summed E-state index contributed by atoms with van der Waals surface area (Å²) in [4.78, 5) is 23.7. The Morgan fingerprint density at radius 1 is 1.03 bits per heavy atom. The molecule has 1 amide bonds. The minimum absolute atomic E-state index is 0.0718. The van der Waals surface area contributed by atoms with Gasteiger partial charge in [-0.2, -0.15) is 5.10 Å². The van der Waals surface area contributed by atoms with Gasteiger partial charge in [0, 0.05) is 23.4 Å². The maximum atomic E-state index is 12.9. The maximum absolute atomic E-state index is 12.9. The highest BCUT2D eigenvalue weighted by molar-refractivity contribution is 6.42. The zero-order chi connectivity index (χ0) is 25.8. The van der Waals surface area contributed by atoms with Gasteiger partial charge in [-0.25, -0.2) is 0 Å². The van der Waals surface area contributed by atoms with Gasteiger partial charge < -0.3 is 10.1 Å². The highest BCUT2D eigenvalue weighted by atomic mass is 35.5. The van der Waals surface area contributed by atoms with Crippen LogP contribution in [-0.2, 0) is 13.2 Å². The number of nitrogens with zero attached hydrogens (tertiary/aromatic N) is 3. The molecule has 3 aromatic carbocycles. The normalized spacial score (nSPS) is 10.8. The van der Waals surface area contributed by atoms with Gasteiger partial charge in [-0.15, -0.1) is 0 Å². The molecule has 0 saturated carbocycles. The quantitative estimate of drug-likeness (QED) is 0.207. The number of nitro groups is 1. The standard InChI is InChI=1S/C26H22Cl2N4O4/c1-16-6-9-24(23(10-16)32(34)35)36-15-19-4-3-5-20(12-19)26(33)29-25-11-17(2)31(30-25)14-18-7-8-21(27)22(28)13-18/h3-13H,14-15H2,1-2H3,(H,29,30,33). The summed E-state index contributed by atoms with van der Waals surface area (Å²) in [6, 6.07) is 18.8. The Morgan fingerprint density at radius 2 is 1.83 bits per heavy atom. The van der Waals surface area contributed by atoms with Gasteiger partial charge in [0.2, 0.25) is 0 Å². The number of rotatable bonds is 8. The number of amides is 1. The number of hydrogen-bond acceptors (Lipinski definition) is 5. The fourth-order valence-corrected chi connectivity index (χ4v) is 3.91. The van der Waals surface area contributed by atoms with E-state index in [0.717, 1.165) is 16.8 Å². The van der Waals surface area contributed by atoms with Crippen molar-refractivity contribution in [3.05, 3.63) is 115 Å². The predicted molar refractivity (Wildman–Crippen MR) is 139 cm³/mol. The van der Waals surface area contributed by atoms with Crippen molar-refractivity contribution >= 4 is 40.6 Å². The Bertz CT molecular complexity index is 1450. The largest absolute Gasteiger partial charge is 0.482 e. The number of ether oxygens (including phenoxy) is 1. The molecule has 1 aromatic heterocycles. The van der Waals surface area contributed by atoms with Crippen LogP contribution in [0.1, 0.15) is 32.7 Å². The molecule has 0 atom stereocenters. The molecule has 10 heteroatoms. The number of anilines is 1. The molecule has 0 saturated heterocycles. The van der Waals surface area contributed by atoms with Crippen LogP contribution < -0.4 is 10.1 Å². The van der Waals surface area contributed by atoms with E-state index >= 15 is 0 Å². The topological polar surface area (TPSA) is 99.3 Å². The molecule has 4 aromatic rings. The molecule has 0 bridgehead atoms. The van der Waals surface area contributed by atoms with Crippen LogP contribution in [-0.4, -0.2) is 20.6 Å². The highest BCUT2D eigenvalue weighted by Gasteiger charge is 2.16. The van der Waals surface area contributed by atoms with E-state index < -0.39 is 4.92 Å². The van der Waals surface area contributed by atoms with Crippen molar-refractivity contribution in [2.75, 3.05) is 5.32 Å². The first-order chi connectivity index (χ1) is 17.2. The molecule has 0 radical (unpaired) electrons. The van der Waals surface area contributed by atoms with E-state index in [0.29, 0.717) is 33.5 Å². The zero-order valence-electron chi connectivity index (χ0n) is 19.5. The Balaban J connectivity index is 1.43. The van der Waals surface area contributed by atoms with Crippen LogP contribution in [0.15, 0.2) is 66.7 Å². The van der Waals surface area contributed by atoms with Gasteiger partial charge in [-0.3, -0.25) is 19.6 Å². The molecule has 8 nitrogen and oxygen atoms in total. The Morgan fingerprint density at radius 3 is 2.58 bits per heavy atom. The summed E-state index contributed by atoms with van der Waals surface area (Å²) >= 11 is 12.1. The number of aryl methyl sites for hydroxylation is 2. The second-order valence-corrected chi connectivity index (χ2v) is 9.06. The van der Waals surface area contributed by atoms with Crippen LogP contribution in [0.5, 0.6) is 5.75 Å². The smallest absolute Gasteiger partial charge is 0.311 e. The summed E-state index contributed by atoms with van der Waals surface area (Å²) in [7, 11) is 0. The molecule has 36 heavy (non-hydrogen) atoms.